The van der Waals surface area contributed by atoms with Crippen LogP contribution in [0.15, 0.2) is 18.2 Å². The van der Waals surface area contributed by atoms with Gasteiger partial charge >= 0.3 is 5.97 Å². The van der Waals surface area contributed by atoms with E-state index >= 15 is 0 Å². The predicted octanol–water partition coefficient (Wildman–Crippen LogP) is 4.06. The van der Waals surface area contributed by atoms with E-state index in [0.717, 1.165) is 50.0 Å². The molecule has 7 nitrogen and oxygen atoms in total. The molecule has 0 unspecified atom stereocenters. The van der Waals surface area contributed by atoms with E-state index in [1.807, 2.05) is 17.0 Å². The lowest BCUT2D eigenvalue weighted by Gasteiger charge is -2.29. The molecule has 0 atom stereocenters. The second kappa shape index (κ2) is 13.2. The first kappa shape index (κ1) is 25.8. The summed E-state index contributed by atoms with van der Waals surface area (Å²) in [6.07, 6.45) is 6.59. The van der Waals surface area contributed by atoms with Gasteiger partial charge in [-0.3, -0.25) is 19.3 Å². The highest BCUT2D eigenvalue weighted by Gasteiger charge is 2.20. The Kier molecular flexibility index (Phi) is 10.7. The van der Waals surface area contributed by atoms with Crippen LogP contribution >= 0.6 is 0 Å². The number of nitrogens with one attached hydrogen (secondary N) is 1. The van der Waals surface area contributed by atoms with Crippen molar-refractivity contribution in [1.82, 2.24) is 10.2 Å². The first-order valence-electron chi connectivity index (χ1n) is 11.9. The lowest BCUT2D eigenvalue weighted by molar-refractivity contribution is -0.136. The zero-order valence-electron chi connectivity index (χ0n) is 19.9. The SMILES string of the molecule is CC(=O)N1CCCCCCCN(CCC(C)C)Cc2cc(C(=O)NCCC(=O)O)ccc21. The Bertz CT molecular complexity index is 778. The minimum Gasteiger partial charge on any atom is -0.481 e. The number of carbonyl (C=O) groups excluding carboxylic acids is 2. The van der Waals surface area contributed by atoms with Crippen molar-refractivity contribution in [2.45, 2.75) is 72.3 Å². The highest BCUT2D eigenvalue weighted by molar-refractivity contribution is 5.97. The molecule has 0 bridgehead atoms. The molecule has 0 aliphatic carbocycles. The Balaban J connectivity index is 2.34. The predicted molar refractivity (Wildman–Crippen MR) is 127 cm³/mol. The normalized spacial score (nSPS) is 16.1. The molecule has 0 spiro atoms. The van der Waals surface area contributed by atoms with E-state index in [0.29, 0.717) is 24.6 Å². The summed E-state index contributed by atoms with van der Waals surface area (Å²) in [5.74, 6) is -0.615. The Hall–Kier alpha value is -2.41. The fourth-order valence-electron chi connectivity index (χ4n) is 4.04. The molecular weight excluding hydrogens is 406 g/mol. The molecule has 7 heteroatoms. The van der Waals surface area contributed by atoms with Crippen LogP contribution in [0.25, 0.3) is 0 Å². The van der Waals surface area contributed by atoms with Crippen molar-refractivity contribution in [3.63, 3.8) is 0 Å². The molecule has 178 valence electrons. The molecule has 32 heavy (non-hydrogen) atoms. The molecule has 0 aromatic heterocycles. The van der Waals surface area contributed by atoms with Crippen LogP contribution in [-0.4, -0.2) is 54.0 Å². The molecule has 0 saturated heterocycles. The van der Waals surface area contributed by atoms with Crippen LogP contribution in [0, 0.1) is 5.92 Å². The number of carbonyl (C=O) groups is 3. The molecule has 0 saturated carbocycles. The lowest BCUT2D eigenvalue weighted by Crippen LogP contribution is -2.33. The third-order valence-corrected chi connectivity index (χ3v) is 5.91. The number of carboxylic acid groups (broad SMARTS) is 1. The summed E-state index contributed by atoms with van der Waals surface area (Å²) in [5, 5.41) is 11.5. The van der Waals surface area contributed by atoms with E-state index in [1.54, 1.807) is 13.0 Å². The molecule has 2 N–H and O–H groups in total. The van der Waals surface area contributed by atoms with Crippen LogP contribution in [0.4, 0.5) is 5.69 Å². The van der Waals surface area contributed by atoms with E-state index in [1.165, 1.54) is 12.8 Å². The van der Waals surface area contributed by atoms with Gasteiger partial charge in [0.1, 0.15) is 0 Å². The van der Waals surface area contributed by atoms with Gasteiger partial charge in [0, 0.05) is 37.8 Å². The third-order valence-electron chi connectivity index (χ3n) is 5.91. The minimum atomic E-state index is -0.944. The number of hydrogen-bond acceptors (Lipinski definition) is 4. The fourth-order valence-corrected chi connectivity index (χ4v) is 4.04. The number of carboxylic acids is 1. The molecular formula is C25H39N3O4. The van der Waals surface area contributed by atoms with E-state index in [-0.39, 0.29) is 24.8 Å². The second-order valence-electron chi connectivity index (χ2n) is 9.14. The number of rotatable bonds is 7. The third kappa shape index (κ3) is 8.61. The van der Waals surface area contributed by atoms with E-state index in [4.69, 9.17) is 5.11 Å². The maximum Gasteiger partial charge on any atom is 0.305 e. The van der Waals surface area contributed by atoms with Crippen molar-refractivity contribution in [3.05, 3.63) is 29.3 Å². The molecule has 1 aromatic carbocycles. The van der Waals surface area contributed by atoms with Crippen LogP contribution in [0.1, 0.15) is 81.6 Å². The average molecular weight is 446 g/mol. The molecule has 1 aliphatic heterocycles. The number of anilines is 1. The Labute approximate surface area is 192 Å². The zero-order chi connectivity index (χ0) is 23.5. The van der Waals surface area contributed by atoms with E-state index in [2.05, 4.69) is 24.1 Å². The second-order valence-corrected chi connectivity index (χ2v) is 9.14. The number of nitrogens with zero attached hydrogens (tertiary/aromatic N) is 2. The van der Waals surface area contributed by atoms with Gasteiger partial charge in [-0.05, 0) is 62.0 Å². The van der Waals surface area contributed by atoms with Crippen LogP contribution in [0.2, 0.25) is 0 Å². The quantitative estimate of drug-likeness (QED) is 0.661. The van der Waals surface area contributed by atoms with Crippen molar-refractivity contribution in [2.75, 3.05) is 31.1 Å². The Morgan fingerprint density at radius 3 is 2.41 bits per heavy atom. The van der Waals surface area contributed by atoms with E-state index in [9.17, 15) is 14.4 Å². The fraction of sp³-hybridized carbons (Fsp3) is 0.640. The topological polar surface area (TPSA) is 90.0 Å². The van der Waals surface area contributed by atoms with Crippen LogP contribution < -0.4 is 10.2 Å². The van der Waals surface area contributed by atoms with Gasteiger partial charge in [0.05, 0.1) is 6.42 Å². The summed E-state index contributed by atoms with van der Waals surface area (Å²) in [4.78, 5) is 40.1. The first-order valence-corrected chi connectivity index (χ1v) is 11.9. The summed E-state index contributed by atoms with van der Waals surface area (Å²) in [7, 11) is 0. The van der Waals surface area contributed by atoms with Crippen LogP contribution in [0.5, 0.6) is 0 Å². The number of aliphatic carboxylic acids is 1. The lowest BCUT2D eigenvalue weighted by atomic mass is 10.0. The van der Waals surface area contributed by atoms with Gasteiger partial charge in [0.25, 0.3) is 5.91 Å². The first-order chi connectivity index (χ1) is 15.3. The van der Waals surface area contributed by atoms with Crippen LogP contribution in [0.3, 0.4) is 0 Å². The highest BCUT2D eigenvalue weighted by atomic mass is 16.4. The molecule has 0 fully saturated rings. The maximum atomic E-state index is 12.6. The largest absolute Gasteiger partial charge is 0.481 e. The van der Waals surface area contributed by atoms with E-state index < -0.39 is 5.97 Å². The highest BCUT2D eigenvalue weighted by Crippen LogP contribution is 2.26. The smallest absolute Gasteiger partial charge is 0.305 e. The van der Waals surface area contributed by atoms with Crippen molar-refractivity contribution >= 4 is 23.5 Å². The molecule has 1 aromatic rings. The number of hydrogen-bond donors (Lipinski definition) is 2. The van der Waals surface area contributed by atoms with Gasteiger partial charge in [0.15, 0.2) is 0 Å². The number of fused-ring (bicyclic) bond motifs is 1. The van der Waals surface area contributed by atoms with Gasteiger partial charge in [0.2, 0.25) is 5.91 Å². The number of amides is 2. The molecule has 2 rings (SSSR count). The summed E-state index contributed by atoms with van der Waals surface area (Å²) in [6.45, 7) is 9.47. The van der Waals surface area contributed by atoms with Gasteiger partial charge < -0.3 is 15.3 Å². The summed E-state index contributed by atoms with van der Waals surface area (Å²) < 4.78 is 0. The minimum absolute atomic E-state index is 0.00991. The summed E-state index contributed by atoms with van der Waals surface area (Å²) in [6, 6.07) is 5.47. The van der Waals surface area contributed by atoms with Crippen molar-refractivity contribution in [1.29, 1.82) is 0 Å². The molecule has 1 aliphatic rings. The maximum absolute atomic E-state index is 12.6. The number of benzene rings is 1. The van der Waals surface area contributed by atoms with Crippen LogP contribution in [-0.2, 0) is 16.1 Å². The van der Waals surface area contributed by atoms with Crippen molar-refractivity contribution < 1.29 is 19.5 Å². The van der Waals surface area contributed by atoms with Crippen molar-refractivity contribution in [2.24, 2.45) is 5.92 Å². The van der Waals surface area contributed by atoms with Gasteiger partial charge in [-0.1, -0.05) is 33.1 Å². The standard InChI is InChI=1S/C25H39N3O4/c1-19(2)12-16-27-14-7-5-4-6-8-15-28(20(3)29)23-10-9-21(17-22(23)18-27)25(32)26-13-11-24(30)31/h9-10,17,19H,4-8,11-16,18H2,1-3H3,(H,26,32)(H,30,31). The molecule has 1 heterocycles. The Morgan fingerprint density at radius 2 is 1.75 bits per heavy atom. The Morgan fingerprint density at radius 1 is 1.06 bits per heavy atom. The zero-order valence-corrected chi connectivity index (χ0v) is 19.9. The summed E-state index contributed by atoms with van der Waals surface area (Å²) in [5.41, 5.74) is 2.33. The van der Waals surface area contributed by atoms with Gasteiger partial charge in [-0.15, -0.1) is 0 Å². The van der Waals surface area contributed by atoms with Crippen molar-refractivity contribution in [3.8, 4) is 0 Å². The summed E-state index contributed by atoms with van der Waals surface area (Å²) >= 11 is 0. The van der Waals surface area contributed by atoms with Gasteiger partial charge in [-0.2, -0.15) is 0 Å². The van der Waals surface area contributed by atoms with Gasteiger partial charge in [-0.25, -0.2) is 0 Å². The monoisotopic (exact) mass is 445 g/mol. The molecule has 2 amide bonds. The molecule has 0 radical (unpaired) electrons. The average Bonchev–Trinajstić information content (AvgIpc) is 2.72.